The second-order valence-electron chi connectivity index (χ2n) is 9.35. The lowest BCUT2D eigenvalue weighted by Crippen LogP contribution is -2.44. The lowest BCUT2D eigenvalue weighted by Gasteiger charge is -2.34. The summed E-state index contributed by atoms with van der Waals surface area (Å²) in [6.07, 6.45) is 0. The van der Waals surface area contributed by atoms with Gasteiger partial charge in [0.15, 0.2) is 5.88 Å². The largest absolute Gasteiger partial charge is 0.494 e. The van der Waals surface area contributed by atoms with Crippen molar-refractivity contribution in [2.45, 2.75) is 6.92 Å². The van der Waals surface area contributed by atoms with Crippen molar-refractivity contribution in [1.29, 1.82) is 0 Å². The number of benzene rings is 3. The van der Waals surface area contributed by atoms with Crippen LogP contribution in [0.3, 0.4) is 0 Å². The maximum atomic E-state index is 11.7. The van der Waals surface area contributed by atoms with E-state index >= 15 is 0 Å². The maximum Gasteiger partial charge on any atom is 0.296 e. The van der Waals surface area contributed by atoms with Gasteiger partial charge in [-0.1, -0.05) is 42.3 Å². The van der Waals surface area contributed by atoms with Gasteiger partial charge in [0.25, 0.3) is 5.91 Å². The minimum absolute atomic E-state index is 0.0329. The highest BCUT2D eigenvalue weighted by atomic mass is 16.3. The number of fused-ring (bicyclic) bond motifs is 1. The molecule has 0 radical (unpaired) electrons. The second-order valence-corrected chi connectivity index (χ2v) is 9.35. The quantitative estimate of drug-likeness (QED) is 0.279. The van der Waals surface area contributed by atoms with Crippen molar-refractivity contribution in [3.63, 3.8) is 0 Å². The van der Waals surface area contributed by atoms with Crippen molar-refractivity contribution in [3.05, 3.63) is 89.5 Å². The van der Waals surface area contributed by atoms with E-state index < -0.39 is 0 Å². The van der Waals surface area contributed by atoms with Crippen molar-refractivity contribution >= 4 is 33.9 Å². The molecule has 4 aromatic rings. The van der Waals surface area contributed by atoms with Gasteiger partial charge in [0.05, 0.1) is 22.5 Å². The Morgan fingerprint density at radius 3 is 2.47 bits per heavy atom. The Balaban J connectivity index is 1.52. The van der Waals surface area contributed by atoms with Crippen molar-refractivity contribution in [3.8, 4) is 17.7 Å². The number of H-pyrrole nitrogens is 1. The summed E-state index contributed by atoms with van der Waals surface area (Å²) in [7, 11) is 2.15. The fraction of sp³-hybridized carbons (Fsp3) is 0.226. The SMILES string of the molecule is CCNC(=O)C#Cc1ccc2c(C(=Nc3ccc(N4CCN(C)CC4)cc3)c3ccccc3)c(O)[nH]c2c1. The van der Waals surface area contributed by atoms with Crippen molar-refractivity contribution < 1.29 is 9.90 Å². The molecule has 1 saturated heterocycles. The molecule has 1 aromatic heterocycles. The Bertz CT molecular complexity index is 1520. The molecule has 7 heteroatoms. The van der Waals surface area contributed by atoms with Crippen molar-refractivity contribution in [1.82, 2.24) is 15.2 Å². The number of aromatic hydroxyl groups is 1. The maximum absolute atomic E-state index is 11.7. The molecule has 1 aliphatic rings. The van der Waals surface area contributed by atoms with Gasteiger partial charge in [-0.3, -0.25) is 4.79 Å². The lowest BCUT2D eigenvalue weighted by atomic mass is 10.00. The smallest absolute Gasteiger partial charge is 0.296 e. The highest BCUT2D eigenvalue weighted by molar-refractivity contribution is 6.22. The van der Waals surface area contributed by atoms with Gasteiger partial charge in [-0.05, 0) is 50.4 Å². The number of carbonyl (C=O) groups is 1. The number of rotatable bonds is 5. The van der Waals surface area contributed by atoms with E-state index in [-0.39, 0.29) is 11.8 Å². The van der Waals surface area contributed by atoms with Crippen LogP contribution in [0.15, 0.2) is 77.8 Å². The minimum Gasteiger partial charge on any atom is -0.494 e. The molecule has 0 spiro atoms. The number of anilines is 1. The molecule has 1 amide bonds. The second kappa shape index (κ2) is 11.2. The summed E-state index contributed by atoms with van der Waals surface area (Å²) in [6, 6.07) is 23.7. The zero-order valence-corrected chi connectivity index (χ0v) is 21.7. The third-order valence-corrected chi connectivity index (χ3v) is 6.68. The van der Waals surface area contributed by atoms with Crippen LogP contribution in [0, 0.1) is 11.8 Å². The van der Waals surface area contributed by atoms with Gasteiger partial charge in [-0.15, -0.1) is 0 Å². The number of aliphatic imine (C=N–C) groups is 1. The van der Waals surface area contributed by atoms with Gasteiger partial charge in [0.1, 0.15) is 0 Å². The van der Waals surface area contributed by atoms with Gasteiger partial charge in [0, 0.05) is 60.8 Å². The van der Waals surface area contributed by atoms with Gasteiger partial charge in [-0.2, -0.15) is 0 Å². The fourth-order valence-corrected chi connectivity index (χ4v) is 4.63. The normalized spacial score (nSPS) is 14.3. The number of nitrogens with one attached hydrogen (secondary N) is 2. The number of hydrogen-bond donors (Lipinski definition) is 3. The standard InChI is InChI=1S/C31H31N5O2/c1-3-32-28(37)16-10-22-9-15-26-27(21-22)34-31(38)29(26)30(23-7-5-4-6-8-23)33-24-11-13-25(14-12-24)36-19-17-35(2)18-20-36/h4-9,11-15,21,34,38H,3,17-20H2,1-2H3,(H,32,37). The highest BCUT2D eigenvalue weighted by Gasteiger charge is 2.19. The third-order valence-electron chi connectivity index (χ3n) is 6.68. The van der Waals surface area contributed by atoms with E-state index in [1.54, 1.807) is 0 Å². The van der Waals surface area contributed by atoms with Crippen LogP contribution in [0.4, 0.5) is 11.4 Å². The Morgan fingerprint density at radius 2 is 1.76 bits per heavy atom. The number of nitrogens with zero attached hydrogens (tertiary/aromatic N) is 3. The van der Waals surface area contributed by atoms with Crippen molar-refractivity contribution in [2.24, 2.45) is 4.99 Å². The van der Waals surface area contributed by atoms with E-state index in [0.29, 0.717) is 28.9 Å². The lowest BCUT2D eigenvalue weighted by molar-refractivity contribution is -0.115. The molecule has 7 nitrogen and oxygen atoms in total. The van der Waals surface area contributed by atoms with Crippen molar-refractivity contribution in [2.75, 3.05) is 44.7 Å². The zero-order chi connectivity index (χ0) is 26.5. The van der Waals surface area contributed by atoms with Crippen LogP contribution >= 0.6 is 0 Å². The van der Waals surface area contributed by atoms with Gasteiger partial charge < -0.3 is 25.2 Å². The summed E-state index contributed by atoms with van der Waals surface area (Å²) >= 11 is 0. The molecule has 0 atom stereocenters. The Labute approximate surface area is 222 Å². The molecule has 3 N–H and O–H groups in total. The van der Waals surface area contributed by atoms with Crippen LogP contribution in [0.5, 0.6) is 5.88 Å². The Kier molecular flexibility index (Phi) is 7.43. The van der Waals surface area contributed by atoms with Gasteiger partial charge in [0.2, 0.25) is 0 Å². The molecule has 192 valence electrons. The summed E-state index contributed by atoms with van der Waals surface area (Å²) in [5.41, 5.74) is 5.57. The molecule has 38 heavy (non-hydrogen) atoms. The minimum atomic E-state index is -0.320. The highest BCUT2D eigenvalue weighted by Crippen LogP contribution is 2.32. The van der Waals surface area contributed by atoms with E-state index in [1.807, 2.05) is 67.6 Å². The average molecular weight is 506 g/mol. The Morgan fingerprint density at radius 1 is 1.03 bits per heavy atom. The van der Waals surface area contributed by atoms with Crippen LogP contribution in [0.2, 0.25) is 0 Å². The molecule has 1 fully saturated rings. The van der Waals surface area contributed by atoms with E-state index in [4.69, 9.17) is 4.99 Å². The average Bonchev–Trinajstić information content (AvgIpc) is 3.26. The molecule has 0 unspecified atom stereocenters. The van der Waals surface area contributed by atoms with Crippen LogP contribution in [-0.4, -0.2) is 66.4 Å². The molecular weight excluding hydrogens is 474 g/mol. The summed E-state index contributed by atoms with van der Waals surface area (Å²) in [6.45, 7) is 6.50. The first-order chi connectivity index (χ1) is 18.5. The predicted octanol–water partition coefficient (Wildman–Crippen LogP) is 4.28. The number of aromatic nitrogens is 1. The summed E-state index contributed by atoms with van der Waals surface area (Å²) in [5, 5.41) is 14.5. The number of amides is 1. The number of likely N-dealkylation sites (N-methyl/N-ethyl adjacent to an activating group) is 1. The van der Waals surface area contributed by atoms with Crippen LogP contribution in [-0.2, 0) is 4.79 Å². The molecule has 5 rings (SSSR count). The predicted molar refractivity (Wildman–Crippen MR) is 153 cm³/mol. The van der Waals surface area contributed by atoms with Crippen LogP contribution in [0.25, 0.3) is 10.9 Å². The molecule has 0 bridgehead atoms. The first-order valence-electron chi connectivity index (χ1n) is 12.8. The number of piperazine rings is 1. The van der Waals surface area contributed by atoms with Gasteiger partial charge >= 0.3 is 0 Å². The zero-order valence-electron chi connectivity index (χ0n) is 21.7. The fourth-order valence-electron chi connectivity index (χ4n) is 4.63. The topological polar surface area (TPSA) is 84.0 Å². The molecule has 2 heterocycles. The molecule has 0 aliphatic carbocycles. The summed E-state index contributed by atoms with van der Waals surface area (Å²) < 4.78 is 0. The number of carbonyl (C=O) groups excluding carboxylic acids is 1. The monoisotopic (exact) mass is 505 g/mol. The molecule has 3 aromatic carbocycles. The number of aromatic amines is 1. The van der Waals surface area contributed by atoms with E-state index in [2.05, 4.69) is 51.1 Å². The first kappa shape index (κ1) is 25.1. The Hall–Kier alpha value is -4.54. The first-order valence-corrected chi connectivity index (χ1v) is 12.8. The summed E-state index contributed by atoms with van der Waals surface area (Å²) in [5.74, 6) is 5.19. The summed E-state index contributed by atoms with van der Waals surface area (Å²) in [4.78, 5) is 24.5. The molecule has 1 aliphatic heterocycles. The van der Waals surface area contributed by atoms with Crippen LogP contribution in [0.1, 0.15) is 23.6 Å². The molecular formula is C31H31N5O2. The third kappa shape index (κ3) is 5.56. The number of hydrogen-bond acceptors (Lipinski definition) is 5. The van der Waals surface area contributed by atoms with E-state index in [0.717, 1.165) is 42.8 Å². The van der Waals surface area contributed by atoms with Crippen LogP contribution < -0.4 is 10.2 Å². The van der Waals surface area contributed by atoms with E-state index in [9.17, 15) is 9.90 Å². The van der Waals surface area contributed by atoms with E-state index in [1.165, 1.54) is 5.69 Å². The molecule has 0 saturated carbocycles. The van der Waals surface area contributed by atoms with Gasteiger partial charge in [-0.25, -0.2) is 4.99 Å².